The minimum atomic E-state index is -0.333. The summed E-state index contributed by atoms with van der Waals surface area (Å²) >= 11 is 0. The molecule has 1 aliphatic heterocycles. The molecular weight excluding hydrogens is 302 g/mol. The summed E-state index contributed by atoms with van der Waals surface area (Å²) in [5, 5.41) is 10.1. The summed E-state index contributed by atoms with van der Waals surface area (Å²) in [5.41, 5.74) is 1.78. The number of hydrogen-bond acceptors (Lipinski definition) is 3. The molecule has 0 radical (unpaired) electrons. The number of aliphatic hydroxyl groups is 1. The van der Waals surface area contributed by atoms with E-state index in [1.807, 2.05) is 4.90 Å². The lowest BCUT2D eigenvalue weighted by atomic mass is 9.79. The van der Waals surface area contributed by atoms with E-state index in [4.69, 9.17) is 4.74 Å². The highest BCUT2D eigenvalue weighted by Crippen LogP contribution is 2.52. The summed E-state index contributed by atoms with van der Waals surface area (Å²) in [7, 11) is 1.76. The molecule has 3 fully saturated rings. The molecule has 3 aliphatic rings. The first kappa shape index (κ1) is 16.1. The van der Waals surface area contributed by atoms with Gasteiger partial charge in [0.2, 0.25) is 5.91 Å². The van der Waals surface area contributed by atoms with Gasteiger partial charge in [0.15, 0.2) is 0 Å². The topological polar surface area (TPSA) is 49.8 Å². The molecular formula is C20H27NO3. The lowest BCUT2D eigenvalue weighted by Crippen LogP contribution is -2.54. The smallest absolute Gasteiger partial charge is 0.233 e. The van der Waals surface area contributed by atoms with Gasteiger partial charge >= 0.3 is 0 Å². The van der Waals surface area contributed by atoms with Gasteiger partial charge in [0.1, 0.15) is 0 Å². The maximum Gasteiger partial charge on any atom is 0.233 e. The summed E-state index contributed by atoms with van der Waals surface area (Å²) in [5.74, 6) is 0.240. The van der Waals surface area contributed by atoms with Gasteiger partial charge < -0.3 is 14.7 Å². The molecule has 0 aromatic heterocycles. The summed E-state index contributed by atoms with van der Waals surface area (Å²) in [6.07, 6.45) is 4.69. The van der Waals surface area contributed by atoms with Crippen molar-refractivity contribution in [3.63, 3.8) is 0 Å². The third-order valence-electron chi connectivity index (χ3n) is 6.59. The van der Waals surface area contributed by atoms with Crippen LogP contribution in [0.2, 0.25) is 0 Å². The molecule has 4 rings (SSSR count). The SMILES string of the molecule is CO[C@@]12CC[C@H](O)C[C@@H]1N(C(=O)C1(c3ccc(C)cc3)CC1)CC2. The first-order valence-corrected chi connectivity index (χ1v) is 9.12. The first-order valence-electron chi connectivity index (χ1n) is 9.12. The van der Waals surface area contributed by atoms with Crippen LogP contribution in [0.4, 0.5) is 0 Å². The van der Waals surface area contributed by atoms with Crippen LogP contribution in [0.5, 0.6) is 0 Å². The molecule has 3 atom stereocenters. The molecule has 0 unspecified atom stereocenters. The van der Waals surface area contributed by atoms with E-state index < -0.39 is 0 Å². The fraction of sp³-hybridized carbons (Fsp3) is 0.650. The summed E-state index contributed by atoms with van der Waals surface area (Å²) in [6.45, 7) is 2.82. The van der Waals surface area contributed by atoms with Crippen molar-refractivity contribution < 1.29 is 14.6 Å². The fourth-order valence-electron chi connectivity index (χ4n) is 4.82. The molecule has 1 aromatic rings. The number of hydrogen-bond donors (Lipinski definition) is 1. The van der Waals surface area contributed by atoms with Crippen LogP contribution in [0.25, 0.3) is 0 Å². The van der Waals surface area contributed by atoms with E-state index in [9.17, 15) is 9.90 Å². The highest BCUT2D eigenvalue weighted by atomic mass is 16.5. The second-order valence-electron chi connectivity index (χ2n) is 7.91. The van der Waals surface area contributed by atoms with Crippen LogP contribution in [-0.2, 0) is 14.9 Å². The number of carbonyl (C=O) groups is 1. The van der Waals surface area contributed by atoms with Crippen molar-refractivity contribution >= 4 is 5.91 Å². The van der Waals surface area contributed by atoms with Gasteiger partial charge in [-0.15, -0.1) is 0 Å². The Labute approximate surface area is 143 Å². The number of rotatable bonds is 3. The Morgan fingerprint density at radius 2 is 1.92 bits per heavy atom. The molecule has 1 aromatic carbocycles. The summed E-state index contributed by atoms with van der Waals surface area (Å²) in [4.78, 5) is 15.4. The molecule has 1 N–H and O–H groups in total. The van der Waals surface area contributed by atoms with Gasteiger partial charge in [-0.2, -0.15) is 0 Å². The minimum absolute atomic E-state index is 0.0154. The third kappa shape index (κ3) is 2.31. The molecule has 24 heavy (non-hydrogen) atoms. The Kier molecular flexibility index (Phi) is 3.73. The van der Waals surface area contributed by atoms with Crippen LogP contribution in [0.1, 0.15) is 49.7 Å². The Morgan fingerprint density at radius 1 is 1.21 bits per heavy atom. The number of aliphatic hydroxyl groups excluding tert-OH is 1. The zero-order valence-corrected chi connectivity index (χ0v) is 14.6. The maximum atomic E-state index is 13.4. The van der Waals surface area contributed by atoms with Crippen LogP contribution in [0.3, 0.4) is 0 Å². The number of benzene rings is 1. The van der Waals surface area contributed by atoms with E-state index in [1.165, 1.54) is 5.56 Å². The standard InChI is InChI=1S/C20H27NO3/c1-14-3-5-15(6-4-14)19(9-10-19)18(23)21-12-11-20(24-2)8-7-16(22)13-17(20)21/h3-6,16-17,22H,7-13H2,1-2H3/t16-,17-,20+/m0/s1. The molecule has 0 spiro atoms. The number of ether oxygens (including phenoxy) is 1. The third-order valence-corrected chi connectivity index (χ3v) is 6.59. The predicted molar refractivity (Wildman–Crippen MR) is 91.8 cm³/mol. The summed E-state index contributed by atoms with van der Waals surface area (Å²) < 4.78 is 5.88. The largest absolute Gasteiger partial charge is 0.393 e. The first-order chi connectivity index (χ1) is 11.5. The van der Waals surface area contributed by atoms with E-state index in [1.54, 1.807) is 7.11 Å². The second-order valence-corrected chi connectivity index (χ2v) is 7.91. The van der Waals surface area contributed by atoms with Crippen molar-refractivity contribution in [3.8, 4) is 0 Å². The molecule has 2 aliphatic carbocycles. The number of likely N-dealkylation sites (tertiary alicyclic amines) is 1. The van der Waals surface area contributed by atoms with Gasteiger partial charge in [-0.25, -0.2) is 0 Å². The molecule has 1 heterocycles. The Balaban J connectivity index is 1.61. The van der Waals surface area contributed by atoms with E-state index in [0.29, 0.717) is 6.42 Å². The minimum Gasteiger partial charge on any atom is -0.393 e. The molecule has 4 nitrogen and oxygen atoms in total. The van der Waals surface area contributed by atoms with Gasteiger partial charge in [-0.3, -0.25) is 4.79 Å². The van der Waals surface area contributed by atoms with Crippen molar-refractivity contribution in [2.75, 3.05) is 13.7 Å². The highest BCUT2D eigenvalue weighted by molar-refractivity contribution is 5.92. The lowest BCUT2D eigenvalue weighted by Gasteiger charge is -2.43. The van der Waals surface area contributed by atoms with Crippen molar-refractivity contribution in [1.29, 1.82) is 0 Å². The molecule has 1 amide bonds. The Hall–Kier alpha value is -1.39. The van der Waals surface area contributed by atoms with Gasteiger partial charge in [-0.1, -0.05) is 29.8 Å². The van der Waals surface area contributed by atoms with Gasteiger partial charge in [0.25, 0.3) is 0 Å². The van der Waals surface area contributed by atoms with Crippen LogP contribution in [0.15, 0.2) is 24.3 Å². The van der Waals surface area contributed by atoms with E-state index in [2.05, 4.69) is 31.2 Å². The van der Waals surface area contributed by atoms with Gasteiger partial charge in [-0.05, 0) is 51.0 Å². The number of fused-ring (bicyclic) bond motifs is 1. The van der Waals surface area contributed by atoms with Crippen LogP contribution in [0, 0.1) is 6.92 Å². The van der Waals surface area contributed by atoms with Crippen LogP contribution in [-0.4, -0.2) is 47.3 Å². The monoisotopic (exact) mass is 329 g/mol. The molecule has 4 heteroatoms. The lowest BCUT2D eigenvalue weighted by molar-refractivity contribution is -0.142. The maximum absolute atomic E-state index is 13.4. The van der Waals surface area contributed by atoms with Crippen molar-refractivity contribution in [1.82, 2.24) is 4.90 Å². The average Bonchev–Trinajstić information content (AvgIpc) is 3.31. The van der Waals surface area contributed by atoms with Crippen molar-refractivity contribution in [3.05, 3.63) is 35.4 Å². The number of methoxy groups -OCH3 is 1. The van der Waals surface area contributed by atoms with E-state index in [-0.39, 0.29) is 29.1 Å². The molecule has 2 saturated carbocycles. The number of aryl methyl sites for hydroxylation is 1. The normalized spacial score (nSPS) is 34.0. The molecule has 130 valence electrons. The Morgan fingerprint density at radius 3 is 2.54 bits per heavy atom. The van der Waals surface area contributed by atoms with E-state index in [0.717, 1.165) is 44.2 Å². The van der Waals surface area contributed by atoms with Crippen LogP contribution >= 0.6 is 0 Å². The molecule has 1 saturated heterocycles. The van der Waals surface area contributed by atoms with Crippen LogP contribution < -0.4 is 0 Å². The average molecular weight is 329 g/mol. The highest BCUT2D eigenvalue weighted by Gasteiger charge is 2.59. The molecule has 0 bridgehead atoms. The van der Waals surface area contributed by atoms with Gasteiger partial charge in [0.05, 0.1) is 23.2 Å². The van der Waals surface area contributed by atoms with Crippen molar-refractivity contribution in [2.24, 2.45) is 0 Å². The van der Waals surface area contributed by atoms with Crippen molar-refractivity contribution in [2.45, 2.75) is 68.6 Å². The quantitative estimate of drug-likeness (QED) is 0.927. The predicted octanol–water partition coefficient (Wildman–Crippen LogP) is 2.56. The number of amides is 1. The second kappa shape index (κ2) is 5.57. The number of nitrogens with zero attached hydrogens (tertiary/aromatic N) is 1. The van der Waals surface area contributed by atoms with Gasteiger partial charge in [0, 0.05) is 13.7 Å². The Bertz CT molecular complexity index is 637. The fourth-order valence-corrected chi connectivity index (χ4v) is 4.82. The summed E-state index contributed by atoms with van der Waals surface area (Å²) in [6, 6.07) is 8.42. The number of carbonyl (C=O) groups excluding carboxylic acids is 1. The van der Waals surface area contributed by atoms with E-state index >= 15 is 0 Å². The zero-order chi connectivity index (χ0) is 16.9. The zero-order valence-electron chi connectivity index (χ0n) is 14.6.